The summed E-state index contributed by atoms with van der Waals surface area (Å²) in [6.07, 6.45) is 0.281. The van der Waals surface area contributed by atoms with Crippen molar-refractivity contribution in [2.24, 2.45) is 0 Å². The van der Waals surface area contributed by atoms with E-state index in [4.69, 9.17) is 34.8 Å². The molecule has 0 aliphatic carbocycles. The van der Waals surface area contributed by atoms with Gasteiger partial charge in [0, 0.05) is 23.1 Å². The van der Waals surface area contributed by atoms with E-state index in [1.807, 2.05) is 0 Å². The summed E-state index contributed by atoms with van der Waals surface area (Å²) in [4.78, 5) is 14.3. The summed E-state index contributed by atoms with van der Waals surface area (Å²) in [5.41, 5.74) is 0.887. The molecular weight excluding hydrogens is 417 g/mol. The van der Waals surface area contributed by atoms with Crippen LogP contribution in [0.5, 0.6) is 0 Å². The molecule has 0 spiro atoms. The molecule has 2 aromatic carbocycles. The largest absolute Gasteiger partial charge is 0.338 e. The standard InChI is InChI=1S/C18H16Cl3NO3S/c19-12-5-6-14(16(21)11-12)18(23)22-8-7-17(26(24,25)10-9-22)13-3-1-2-4-15(13)20/h1-6,11,17H,7-10H2. The molecule has 1 fully saturated rings. The van der Waals surface area contributed by atoms with E-state index < -0.39 is 15.1 Å². The van der Waals surface area contributed by atoms with Crippen molar-refractivity contribution in [3.05, 3.63) is 68.7 Å². The Balaban J connectivity index is 1.87. The van der Waals surface area contributed by atoms with Crippen molar-refractivity contribution in [3.63, 3.8) is 0 Å². The molecule has 1 amide bonds. The Kier molecular flexibility index (Phi) is 5.82. The van der Waals surface area contributed by atoms with Crippen molar-refractivity contribution in [3.8, 4) is 0 Å². The minimum Gasteiger partial charge on any atom is -0.338 e. The van der Waals surface area contributed by atoms with Crippen molar-refractivity contribution in [2.75, 3.05) is 18.8 Å². The van der Waals surface area contributed by atoms with Crippen molar-refractivity contribution in [1.29, 1.82) is 0 Å². The van der Waals surface area contributed by atoms with E-state index in [1.54, 1.807) is 36.4 Å². The molecule has 0 bridgehead atoms. The van der Waals surface area contributed by atoms with Crippen LogP contribution in [0.1, 0.15) is 27.6 Å². The van der Waals surface area contributed by atoms with Gasteiger partial charge in [0.2, 0.25) is 0 Å². The van der Waals surface area contributed by atoms with Crippen LogP contribution in [0.3, 0.4) is 0 Å². The average molecular weight is 433 g/mol. The number of sulfone groups is 1. The van der Waals surface area contributed by atoms with Gasteiger partial charge in [0.05, 0.1) is 21.6 Å². The first-order valence-electron chi connectivity index (χ1n) is 8.00. The van der Waals surface area contributed by atoms with E-state index in [2.05, 4.69) is 0 Å². The molecule has 4 nitrogen and oxygen atoms in total. The predicted octanol–water partition coefficient (Wildman–Crippen LogP) is 4.65. The fourth-order valence-corrected chi connectivity index (χ4v) is 5.70. The Morgan fingerprint density at radius 3 is 2.42 bits per heavy atom. The zero-order valence-electron chi connectivity index (χ0n) is 13.7. The fraction of sp³-hybridized carbons (Fsp3) is 0.278. The summed E-state index contributed by atoms with van der Waals surface area (Å²) in [7, 11) is -3.43. The van der Waals surface area contributed by atoms with Gasteiger partial charge in [-0.05, 0) is 36.2 Å². The second-order valence-corrected chi connectivity index (χ2v) is 9.64. The lowest BCUT2D eigenvalue weighted by molar-refractivity contribution is 0.0767. The maximum absolute atomic E-state index is 12.8. The van der Waals surface area contributed by atoms with Crippen LogP contribution < -0.4 is 0 Å². The summed E-state index contributed by atoms with van der Waals surface area (Å²) in [5.74, 6) is -0.429. The number of hydrogen-bond acceptors (Lipinski definition) is 3. The zero-order chi connectivity index (χ0) is 18.9. The van der Waals surface area contributed by atoms with Gasteiger partial charge in [-0.25, -0.2) is 8.42 Å². The van der Waals surface area contributed by atoms with E-state index >= 15 is 0 Å². The first-order valence-corrected chi connectivity index (χ1v) is 10.8. The van der Waals surface area contributed by atoms with Crippen molar-refractivity contribution in [1.82, 2.24) is 4.90 Å². The molecule has 0 aromatic heterocycles. The first-order chi connectivity index (χ1) is 12.3. The van der Waals surface area contributed by atoms with E-state index in [1.165, 1.54) is 11.0 Å². The molecule has 1 heterocycles. The Labute approximate surface area is 167 Å². The second-order valence-electron chi connectivity index (χ2n) is 6.08. The normalized spacial score (nSPS) is 19.8. The molecule has 138 valence electrons. The fourth-order valence-electron chi connectivity index (χ4n) is 3.07. The number of benzene rings is 2. The smallest absolute Gasteiger partial charge is 0.255 e. The van der Waals surface area contributed by atoms with Gasteiger partial charge in [-0.15, -0.1) is 0 Å². The lowest BCUT2D eigenvalue weighted by Gasteiger charge is -2.21. The summed E-state index contributed by atoms with van der Waals surface area (Å²) in [6.45, 7) is 0.411. The first kappa shape index (κ1) is 19.5. The van der Waals surface area contributed by atoms with Crippen LogP contribution in [0, 0.1) is 0 Å². The SMILES string of the molecule is O=C(c1ccc(Cl)cc1Cl)N1CCC(c2ccccc2Cl)S(=O)(=O)CC1. The van der Waals surface area contributed by atoms with Crippen molar-refractivity contribution >= 4 is 50.5 Å². The van der Waals surface area contributed by atoms with E-state index in [-0.39, 0.29) is 29.6 Å². The molecule has 1 saturated heterocycles. The Morgan fingerprint density at radius 2 is 1.73 bits per heavy atom. The molecule has 0 N–H and O–H groups in total. The molecule has 1 aliphatic rings. The highest BCUT2D eigenvalue weighted by Gasteiger charge is 2.34. The van der Waals surface area contributed by atoms with E-state index in [0.29, 0.717) is 27.7 Å². The lowest BCUT2D eigenvalue weighted by atomic mass is 10.1. The number of rotatable bonds is 2. The minimum absolute atomic E-state index is 0.112. The highest BCUT2D eigenvalue weighted by molar-refractivity contribution is 7.91. The number of halogens is 3. The highest BCUT2D eigenvalue weighted by Crippen LogP contribution is 2.34. The topological polar surface area (TPSA) is 54.5 Å². The molecular formula is C18H16Cl3NO3S. The molecule has 8 heteroatoms. The third-order valence-corrected chi connectivity index (χ3v) is 7.44. The summed E-state index contributed by atoms with van der Waals surface area (Å²) in [5, 5.41) is 0.373. The number of carbonyl (C=O) groups excluding carboxylic acids is 1. The van der Waals surface area contributed by atoms with Gasteiger partial charge in [0.25, 0.3) is 5.91 Å². The molecule has 0 saturated carbocycles. The van der Waals surface area contributed by atoms with Crippen LogP contribution in [0.15, 0.2) is 42.5 Å². The molecule has 2 aromatic rings. The molecule has 1 unspecified atom stereocenters. The third-order valence-electron chi connectivity index (χ3n) is 4.44. The van der Waals surface area contributed by atoms with E-state index in [0.717, 1.165) is 0 Å². The van der Waals surface area contributed by atoms with Gasteiger partial charge < -0.3 is 4.90 Å². The van der Waals surface area contributed by atoms with Crippen LogP contribution >= 0.6 is 34.8 Å². The van der Waals surface area contributed by atoms with Gasteiger partial charge in [-0.2, -0.15) is 0 Å². The summed E-state index contributed by atoms with van der Waals surface area (Å²) in [6, 6.07) is 11.6. The predicted molar refractivity (Wildman–Crippen MR) is 105 cm³/mol. The van der Waals surface area contributed by atoms with Crippen LogP contribution in [-0.4, -0.2) is 38.1 Å². The van der Waals surface area contributed by atoms with Gasteiger partial charge >= 0.3 is 0 Å². The number of carbonyl (C=O) groups is 1. The Hall–Kier alpha value is -1.27. The van der Waals surface area contributed by atoms with Crippen LogP contribution in [0.4, 0.5) is 0 Å². The van der Waals surface area contributed by atoms with Crippen molar-refractivity contribution in [2.45, 2.75) is 11.7 Å². The van der Waals surface area contributed by atoms with E-state index in [9.17, 15) is 13.2 Å². The molecule has 1 atom stereocenters. The second kappa shape index (κ2) is 7.77. The van der Waals surface area contributed by atoms with Gasteiger partial charge in [-0.1, -0.05) is 53.0 Å². The third kappa shape index (κ3) is 4.01. The summed E-state index contributed by atoms with van der Waals surface area (Å²) >= 11 is 18.2. The maximum Gasteiger partial charge on any atom is 0.255 e. The average Bonchev–Trinajstić information content (AvgIpc) is 2.73. The molecule has 3 rings (SSSR count). The molecule has 0 radical (unpaired) electrons. The lowest BCUT2D eigenvalue weighted by Crippen LogP contribution is -2.33. The zero-order valence-corrected chi connectivity index (χ0v) is 16.7. The maximum atomic E-state index is 12.8. The van der Waals surface area contributed by atoms with Gasteiger partial charge in [0.15, 0.2) is 9.84 Å². The molecule has 26 heavy (non-hydrogen) atoms. The minimum atomic E-state index is -3.43. The Morgan fingerprint density at radius 1 is 1.00 bits per heavy atom. The Bertz CT molecular complexity index is 946. The van der Waals surface area contributed by atoms with Crippen LogP contribution in [0.2, 0.25) is 15.1 Å². The van der Waals surface area contributed by atoms with Crippen LogP contribution in [0.25, 0.3) is 0 Å². The number of nitrogens with zero attached hydrogens (tertiary/aromatic N) is 1. The highest BCUT2D eigenvalue weighted by atomic mass is 35.5. The van der Waals surface area contributed by atoms with Gasteiger partial charge in [-0.3, -0.25) is 4.79 Å². The van der Waals surface area contributed by atoms with Crippen LogP contribution in [-0.2, 0) is 9.84 Å². The molecule has 1 aliphatic heterocycles. The number of hydrogen-bond donors (Lipinski definition) is 0. The van der Waals surface area contributed by atoms with Crippen molar-refractivity contribution < 1.29 is 13.2 Å². The number of amides is 1. The van der Waals surface area contributed by atoms with Gasteiger partial charge in [0.1, 0.15) is 0 Å². The monoisotopic (exact) mass is 431 g/mol. The quantitative estimate of drug-likeness (QED) is 0.694. The summed E-state index contributed by atoms with van der Waals surface area (Å²) < 4.78 is 25.5.